The summed E-state index contributed by atoms with van der Waals surface area (Å²) >= 11 is 0. The Hall–Kier alpha value is -0.610. The lowest BCUT2D eigenvalue weighted by Gasteiger charge is -2.20. The van der Waals surface area contributed by atoms with Crippen LogP contribution in [-0.4, -0.2) is 62.1 Å². The first-order chi connectivity index (χ1) is 7.26. The van der Waals surface area contributed by atoms with Gasteiger partial charge in [-0.1, -0.05) is 6.92 Å². The number of nitrogens with zero attached hydrogens (tertiary/aromatic N) is 2. The third-order valence-electron chi connectivity index (χ3n) is 2.99. The minimum absolute atomic E-state index is 0.105. The van der Waals surface area contributed by atoms with E-state index in [9.17, 15) is 4.79 Å². The number of hydrogen-bond acceptors (Lipinski definition) is 4. The zero-order valence-corrected chi connectivity index (χ0v) is 9.87. The molecular formula is C11H22N2O2. The smallest absolute Gasteiger partial charge is 0.306 e. The van der Waals surface area contributed by atoms with Crippen LogP contribution in [0.3, 0.4) is 0 Å². The van der Waals surface area contributed by atoms with Gasteiger partial charge in [0, 0.05) is 19.6 Å². The molecule has 1 aliphatic heterocycles. The van der Waals surface area contributed by atoms with Crippen molar-refractivity contribution in [2.24, 2.45) is 0 Å². The molecule has 0 aromatic heterocycles. The Morgan fingerprint density at radius 3 is 2.53 bits per heavy atom. The molecule has 4 heteroatoms. The van der Waals surface area contributed by atoms with Gasteiger partial charge in [0.25, 0.3) is 0 Å². The second kappa shape index (κ2) is 6.80. The van der Waals surface area contributed by atoms with E-state index in [1.165, 1.54) is 20.1 Å². The Bertz CT molecular complexity index is 197. The highest BCUT2D eigenvalue weighted by atomic mass is 16.5. The van der Waals surface area contributed by atoms with Crippen LogP contribution in [0.25, 0.3) is 0 Å². The van der Waals surface area contributed by atoms with Crippen molar-refractivity contribution in [3.63, 3.8) is 0 Å². The van der Waals surface area contributed by atoms with Gasteiger partial charge in [0.2, 0.25) is 0 Å². The van der Waals surface area contributed by atoms with Crippen LogP contribution in [0.15, 0.2) is 0 Å². The minimum Gasteiger partial charge on any atom is -0.469 e. The van der Waals surface area contributed by atoms with E-state index in [2.05, 4.69) is 21.5 Å². The third kappa shape index (κ3) is 4.62. The van der Waals surface area contributed by atoms with Crippen molar-refractivity contribution in [2.45, 2.75) is 19.8 Å². The molecule has 0 atom stereocenters. The van der Waals surface area contributed by atoms with Gasteiger partial charge in [-0.25, -0.2) is 0 Å². The van der Waals surface area contributed by atoms with Crippen LogP contribution in [0.1, 0.15) is 19.8 Å². The van der Waals surface area contributed by atoms with E-state index in [1.807, 2.05) is 0 Å². The second-order valence-electron chi connectivity index (χ2n) is 3.96. The van der Waals surface area contributed by atoms with Crippen molar-refractivity contribution in [1.82, 2.24) is 9.80 Å². The van der Waals surface area contributed by atoms with Gasteiger partial charge in [0.15, 0.2) is 0 Å². The van der Waals surface area contributed by atoms with E-state index in [1.54, 1.807) is 0 Å². The Labute approximate surface area is 92.2 Å². The lowest BCUT2D eigenvalue weighted by molar-refractivity contribution is -0.140. The first kappa shape index (κ1) is 12.5. The Balaban J connectivity index is 2.22. The number of carbonyl (C=O) groups is 1. The molecular weight excluding hydrogens is 192 g/mol. The quantitative estimate of drug-likeness (QED) is 0.641. The SMILES string of the molecule is CCN1CCCN(CCC(=O)OC)CC1. The van der Waals surface area contributed by atoms with Gasteiger partial charge in [-0.15, -0.1) is 0 Å². The van der Waals surface area contributed by atoms with Crippen molar-refractivity contribution in [2.75, 3.05) is 46.4 Å². The second-order valence-corrected chi connectivity index (χ2v) is 3.96. The predicted octanol–water partition coefficient (Wildman–Crippen LogP) is 0.577. The van der Waals surface area contributed by atoms with Gasteiger partial charge in [-0.05, 0) is 26.1 Å². The molecule has 1 fully saturated rings. The van der Waals surface area contributed by atoms with Crippen molar-refractivity contribution < 1.29 is 9.53 Å². The molecule has 1 aliphatic rings. The predicted molar refractivity (Wildman–Crippen MR) is 59.8 cm³/mol. The molecule has 4 nitrogen and oxygen atoms in total. The average molecular weight is 214 g/mol. The molecule has 0 N–H and O–H groups in total. The number of esters is 1. The summed E-state index contributed by atoms with van der Waals surface area (Å²) in [7, 11) is 1.45. The van der Waals surface area contributed by atoms with Crippen LogP contribution in [0.4, 0.5) is 0 Å². The molecule has 0 saturated carbocycles. The molecule has 0 radical (unpaired) electrons. The fourth-order valence-electron chi connectivity index (χ4n) is 1.92. The molecule has 0 aromatic carbocycles. The molecule has 0 bridgehead atoms. The number of rotatable bonds is 4. The Kier molecular flexibility index (Phi) is 5.65. The van der Waals surface area contributed by atoms with Gasteiger partial charge >= 0.3 is 5.97 Å². The summed E-state index contributed by atoms with van der Waals surface area (Å²) in [6.45, 7) is 8.65. The maximum Gasteiger partial charge on any atom is 0.306 e. The standard InChI is InChI=1S/C11H22N2O2/c1-3-12-6-4-7-13(10-9-12)8-5-11(14)15-2/h3-10H2,1-2H3. The summed E-state index contributed by atoms with van der Waals surface area (Å²) in [5.41, 5.74) is 0. The topological polar surface area (TPSA) is 32.8 Å². The van der Waals surface area contributed by atoms with Crippen molar-refractivity contribution >= 4 is 5.97 Å². The molecule has 1 saturated heterocycles. The third-order valence-corrected chi connectivity index (χ3v) is 2.99. The molecule has 15 heavy (non-hydrogen) atoms. The summed E-state index contributed by atoms with van der Waals surface area (Å²) in [4.78, 5) is 15.8. The number of likely N-dealkylation sites (N-methyl/N-ethyl adjacent to an activating group) is 1. The number of hydrogen-bond donors (Lipinski definition) is 0. The average Bonchev–Trinajstić information content (AvgIpc) is 2.50. The first-order valence-electron chi connectivity index (χ1n) is 5.77. The zero-order valence-electron chi connectivity index (χ0n) is 9.87. The van der Waals surface area contributed by atoms with Crippen LogP contribution in [0, 0.1) is 0 Å². The van der Waals surface area contributed by atoms with E-state index in [-0.39, 0.29) is 5.97 Å². The summed E-state index contributed by atoms with van der Waals surface area (Å²) in [5.74, 6) is -0.105. The number of methoxy groups -OCH3 is 1. The van der Waals surface area contributed by atoms with E-state index in [4.69, 9.17) is 0 Å². The van der Waals surface area contributed by atoms with Crippen LogP contribution < -0.4 is 0 Å². The highest BCUT2D eigenvalue weighted by molar-refractivity contribution is 5.69. The largest absolute Gasteiger partial charge is 0.469 e. The van der Waals surface area contributed by atoms with Crippen molar-refractivity contribution in [3.05, 3.63) is 0 Å². The molecule has 0 spiro atoms. The van der Waals surface area contributed by atoms with Gasteiger partial charge in [-0.3, -0.25) is 4.79 Å². The summed E-state index contributed by atoms with van der Waals surface area (Å²) in [5, 5.41) is 0. The van der Waals surface area contributed by atoms with Gasteiger partial charge in [-0.2, -0.15) is 0 Å². The van der Waals surface area contributed by atoms with Crippen LogP contribution in [-0.2, 0) is 9.53 Å². The van der Waals surface area contributed by atoms with Gasteiger partial charge in [0.1, 0.15) is 0 Å². The minimum atomic E-state index is -0.105. The maximum absolute atomic E-state index is 11.0. The molecule has 88 valence electrons. The lowest BCUT2D eigenvalue weighted by Crippen LogP contribution is -2.32. The lowest BCUT2D eigenvalue weighted by atomic mass is 10.3. The number of carbonyl (C=O) groups excluding carboxylic acids is 1. The highest BCUT2D eigenvalue weighted by Gasteiger charge is 2.14. The van der Waals surface area contributed by atoms with Gasteiger partial charge < -0.3 is 14.5 Å². The van der Waals surface area contributed by atoms with Crippen LogP contribution >= 0.6 is 0 Å². The van der Waals surface area contributed by atoms with Crippen molar-refractivity contribution in [3.8, 4) is 0 Å². The van der Waals surface area contributed by atoms with Gasteiger partial charge in [0.05, 0.1) is 13.5 Å². The van der Waals surface area contributed by atoms with Crippen molar-refractivity contribution in [1.29, 1.82) is 0 Å². The number of ether oxygens (including phenoxy) is 1. The molecule has 0 aromatic rings. The van der Waals surface area contributed by atoms with E-state index in [0.717, 1.165) is 32.7 Å². The fourth-order valence-corrected chi connectivity index (χ4v) is 1.92. The Morgan fingerprint density at radius 2 is 1.87 bits per heavy atom. The molecule has 1 rings (SSSR count). The summed E-state index contributed by atoms with van der Waals surface area (Å²) in [6, 6.07) is 0. The first-order valence-corrected chi connectivity index (χ1v) is 5.77. The van der Waals surface area contributed by atoms with E-state index in [0.29, 0.717) is 6.42 Å². The molecule has 1 heterocycles. The van der Waals surface area contributed by atoms with Crippen LogP contribution in [0.5, 0.6) is 0 Å². The van der Waals surface area contributed by atoms with Crippen LogP contribution in [0.2, 0.25) is 0 Å². The fraction of sp³-hybridized carbons (Fsp3) is 0.909. The maximum atomic E-state index is 11.0. The zero-order chi connectivity index (χ0) is 11.1. The highest BCUT2D eigenvalue weighted by Crippen LogP contribution is 2.03. The van der Waals surface area contributed by atoms with E-state index < -0.39 is 0 Å². The summed E-state index contributed by atoms with van der Waals surface area (Å²) < 4.78 is 4.64. The molecule has 0 unspecified atom stereocenters. The molecule has 0 amide bonds. The van der Waals surface area contributed by atoms with E-state index >= 15 is 0 Å². The Morgan fingerprint density at radius 1 is 1.20 bits per heavy atom. The monoisotopic (exact) mass is 214 g/mol. The molecule has 0 aliphatic carbocycles. The summed E-state index contributed by atoms with van der Waals surface area (Å²) in [6.07, 6.45) is 1.72. The normalized spacial score (nSPS) is 19.9.